The average molecular weight is 326 g/mol. The van der Waals surface area contributed by atoms with E-state index in [0.717, 1.165) is 44.7 Å². The van der Waals surface area contributed by atoms with Crippen molar-refractivity contribution in [2.75, 3.05) is 18.8 Å². The molecule has 3 heteroatoms. The number of nitrogens with one attached hydrogen (secondary N) is 1. The van der Waals surface area contributed by atoms with E-state index in [0.29, 0.717) is 6.04 Å². The normalized spacial score (nSPS) is 12.5. The summed E-state index contributed by atoms with van der Waals surface area (Å²) in [5.41, 5.74) is 9.48. The molecule has 0 aromatic heterocycles. The van der Waals surface area contributed by atoms with Gasteiger partial charge in [-0.3, -0.25) is 4.90 Å². The number of benzene rings is 2. The van der Waals surface area contributed by atoms with Crippen LogP contribution in [0.3, 0.4) is 0 Å². The van der Waals surface area contributed by atoms with E-state index in [1.54, 1.807) is 0 Å². The number of nitrogens with two attached hydrogens (primary N) is 1. The lowest BCUT2D eigenvalue weighted by Gasteiger charge is -2.24. The van der Waals surface area contributed by atoms with Crippen LogP contribution < -0.4 is 11.1 Å². The predicted octanol–water partition coefficient (Wildman–Crippen LogP) is 4.05. The van der Waals surface area contributed by atoms with Crippen molar-refractivity contribution in [3.63, 3.8) is 0 Å². The Bertz CT molecular complexity index is 583. The molecule has 0 spiro atoms. The average Bonchev–Trinajstić information content (AvgIpc) is 2.63. The van der Waals surface area contributed by atoms with Gasteiger partial charge in [-0.2, -0.15) is 0 Å². The van der Waals surface area contributed by atoms with Crippen LogP contribution in [0.1, 0.15) is 37.8 Å². The van der Waals surface area contributed by atoms with Crippen molar-refractivity contribution in [2.24, 2.45) is 0 Å². The van der Waals surface area contributed by atoms with E-state index < -0.39 is 0 Å². The van der Waals surface area contributed by atoms with E-state index in [9.17, 15) is 0 Å². The van der Waals surface area contributed by atoms with Gasteiger partial charge in [0, 0.05) is 24.8 Å². The van der Waals surface area contributed by atoms with Crippen LogP contribution in [-0.2, 0) is 13.1 Å². The van der Waals surface area contributed by atoms with E-state index in [1.165, 1.54) is 11.1 Å². The smallest absolute Gasteiger partial charge is 0.0359 e. The summed E-state index contributed by atoms with van der Waals surface area (Å²) in [4.78, 5) is 2.51. The van der Waals surface area contributed by atoms with Gasteiger partial charge in [-0.05, 0) is 43.1 Å². The zero-order chi connectivity index (χ0) is 17.2. The molecule has 0 aliphatic heterocycles. The second-order valence-corrected chi connectivity index (χ2v) is 6.33. The highest BCUT2D eigenvalue weighted by Crippen LogP contribution is 2.12. The van der Waals surface area contributed by atoms with Crippen LogP contribution in [0.5, 0.6) is 0 Å². The van der Waals surface area contributed by atoms with Gasteiger partial charge in [-0.1, -0.05) is 62.4 Å². The molecule has 0 saturated carbocycles. The molecular weight excluding hydrogens is 294 g/mol. The number of rotatable bonds is 10. The summed E-state index contributed by atoms with van der Waals surface area (Å²) in [6, 6.07) is 19.3. The molecule has 0 fully saturated rings. The maximum atomic E-state index is 6.03. The van der Waals surface area contributed by atoms with E-state index in [1.807, 2.05) is 18.2 Å². The minimum atomic E-state index is 0.523. The van der Waals surface area contributed by atoms with Crippen LogP contribution >= 0.6 is 0 Å². The van der Waals surface area contributed by atoms with Crippen molar-refractivity contribution in [3.8, 4) is 0 Å². The molecule has 0 aliphatic carbocycles. The van der Waals surface area contributed by atoms with Crippen molar-refractivity contribution in [1.82, 2.24) is 10.2 Å². The number of para-hydroxylation sites is 1. The lowest BCUT2D eigenvalue weighted by Crippen LogP contribution is -2.33. The molecule has 1 unspecified atom stereocenters. The zero-order valence-corrected chi connectivity index (χ0v) is 15.0. The Labute approximate surface area is 146 Å². The quantitative estimate of drug-likeness (QED) is 0.648. The van der Waals surface area contributed by atoms with Gasteiger partial charge in [0.15, 0.2) is 0 Å². The van der Waals surface area contributed by atoms with Crippen molar-refractivity contribution in [1.29, 1.82) is 0 Å². The summed E-state index contributed by atoms with van der Waals surface area (Å²) >= 11 is 0. The summed E-state index contributed by atoms with van der Waals surface area (Å²) in [7, 11) is 0. The Balaban J connectivity index is 1.80. The molecule has 1 atom stereocenters. The van der Waals surface area contributed by atoms with Crippen molar-refractivity contribution in [3.05, 3.63) is 65.7 Å². The van der Waals surface area contributed by atoms with Gasteiger partial charge in [0.25, 0.3) is 0 Å². The third kappa shape index (κ3) is 5.99. The summed E-state index contributed by atoms with van der Waals surface area (Å²) in [5, 5.41) is 3.66. The minimum absolute atomic E-state index is 0.523. The summed E-state index contributed by atoms with van der Waals surface area (Å²) in [5.74, 6) is 0. The van der Waals surface area contributed by atoms with Gasteiger partial charge >= 0.3 is 0 Å². The van der Waals surface area contributed by atoms with Gasteiger partial charge in [0.2, 0.25) is 0 Å². The van der Waals surface area contributed by atoms with Gasteiger partial charge in [-0.15, -0.1) is 0 Å². The predicted molar refractivity (Wildman–Crippen MR) is 104 cm³/mol. The minimum Gasteiger partial charge on any atom is -0.398 e. The highest BCUT2D eigenvalue weighted by Gasteiger charge is 2.10. The Morgan fingerprint density at radius 1 is 1.00 bits per heavy atom. The molecular formula is C21H31N3. The monoisotopic (exact) mass is 325 g/mol. The number of hydrogen-bond donors (Lipinski definition) is 2. The third-order valence-electron chi connectivity index (χ3n) is 4.62. The topological polar surface area (TPSA) is 41.3 Å². The van der Waals surface area contributed by atoms with E-state index >= 15 is 0 Å². The van der Waals surface area contributed by atoms with Gasteiger partial charge in [-0.25, -0.2) is 0 Å². The summed E-state index contributed by atoms with van der Waals surface area (Å²) in [6.45, 7) is 8.55. The summed E-state index contributed by atoms with van der Waals surface area (Å²) < 4.78 is 0. The first kappa shape index (κ1) is 18.5. The Hall–Kier alpha value is -1.84. The molecule has 0 bridgehead atoms. The lowest BCUT2D eigenvalue weighted by atomic mass is 10.1. The Morgan fingerprint density at radius 2 is 1.71 bits per heavy atom. The molecule has 2 rings (SSSR count). The highest BCUT2D eigenvalue weighted by molar-refractivity contribution is 5.46. The molecule has 2 aromatic carbocycles. The molecule has 130 valence electrons. The fraction of sp³-hybridized carbons (Fsp3) is 0.429. The molecule has 0 heterocycles. The number of anilines is 1. The van der Waals surface area contributed by atoms with E-state index in [4.69, 9.17) is 5.73 Å². The van der Waals surface area contributed by atoms with Crippen LogP contribution in [0, 0.1) is 0 Å². The van der Waals surface area contributed by atoms with Crippen LogP contribution in [0.2, 0.25) is 0 Å². The second kappa shape index (κ2) is 10.1. The van der Waals surface area contributed by atoms with Crippen LogP contribution in [0.25, 0.3) is 0 Å². The summed E-state index contributed by atoms with van der Waals surface area (Å²) in [6.07, 6.45) is 2.29. The van der Waals surface area contributed by atoms with Gasteiger partial charge < -0.3 is 11.1 Å². The molecule has 3 nitrogen and oxygen atoms in total. The Kier molecular flexibility index (Phi) is 7.80. The highest BCUT2D eigenvalue weighted by atomic mass is 15.1. The maximum Gasteiger partial charge on any atom is 0.0359 e. The van der Waals surface area contributed by atoms with Gasteiger partial charge in [0.1, 0.15) is 0 Å². The second-order valence-electron chi connectivity index (χ2n) is 6.33. The number of nitrogen functional groups attached to an aromatic ring is 1. The first-order valence-electron chi connectivity index (χ1n) is 9.06. The Morgan fingerprint density at radius 3 is 2.38 bits per heavy atom. The van der Waals surface area contributed by atoms with E-state index in [2.05, 4.69) is 60.5 Å². The molecule has 24 heavy (non-hydrogen) atoms. The fourth-order valence-electron chi connectivity index (χ4n) is 2.93. The number of hydrogen-bond acceptors (Lipinski definition) is 3. The molecule has 3 N–H and O–H groups in total. The first-order valence-corrected chi connectivity index (χ1v) is 9.06. The maximum absolute atomic E-state index is 6.03. The zero-order valence-electron chi connectivity index (χ0n) is 15.0. The SMILES string of the molecule is CCC(CCN(CC)Cc1ccccc1)NCc1ccccc1N. The first-order chi connectivity index (χ1) is 11.7. The molecule has 2 aromatic rings. The molecule has 0 saturated heterocycles. The van der Waals surface area contributed by atoms with Crippen LogP contribution in [0.15, 0.2) is 54.6 Å². The number of nitrogens with zero attached hydrogens (tertiary/aromatic N) is 1. The lowest BCUT2D eigenvalue weighted by molar-refractivity contribution is 0.258. The largest absolute Gasteiger partial charge is 0.398 e. The van der Waals surface area contributed by atoms with E-state index in [-0.39, 0.29) is 0 Å². The third-order valence-corrected chi connectivity index (χ3v) is 4.62. The molecule has 0 aliphatic rings. The van der Waals surface area contributed by atoms with Crippen LogP contribution in [-0.4, -0.2) is 24.0 Å². The van der Waals surface area contributed by atoms with Crippen LogP contribution in [0.4, 0.5) is 5.69 Å². The fourth-order valence-corrected chi connectivity index (χ4v) is 2.93. The van der Waals surface area contributed by atoms with Crippen molar-refractivity contribution in [2.45, 2.75) is 45.8 Å². The van der Waals surface area contributed by atoms with Crippen molar-refractivity contribution < 1.29 is 0 Å². The molecule has 0 amide bonds. The van der Waals surface area contributed by atoms with Gasteiger partial charge in [0.05, 0.1) is 0 Å². The molecule has 0 radical (unpaired) electrons. The standard InChI is InChI=1S/C21H31N3/c1-3-20(23-16-19-12-8-9-13-21(19)22)14-15-24(4-2)17-18-10-6-5-7-11-18/h5-13,20,23H,3-4,14-17,22H2,1-2H3. The van der Waals surface area contributed by atoms with Crippen molar-refractivity contribution >= 4 is 5.69 Å².